The second kappa shape index (κ2) is 10.2. The number of anilines is 1. The molecule has 2 aromatic carbocycles. The highest BCUT2D eigenvalue weighted by molar-refractivity contribution is 7.89. The molecule has 1 aromatic heterocycles. The molecule has 5 rings (SSSR count). The SMILES string of the molecule is CC(C)(C)[C@@H]1CCc2nc3ccccc3c(C(=O)Nc3cccc(S(=O)(=O)N4CCCCCC4)c3)c2C1. The van der Waals surface area contributed by atoms with Crippen molar-refractivity contribution in [2.24, 2.45) is 11.3 Å². The fraction of sp³-hybridized carbons (Fsp3) is 0.467. The fourth-order valence-corrected chi connectivity index (χ4v) is 7.31. The third kappa shape index (κ3) is 5.30. The van der Waals surface area contributed by atoms with Gasteiger partial charge in [0.05, 0.1) is 16.0 Å². The molecule has 1 aliphatic heterocycles. The van der Waals surface area contributed by atoms with Gasteiger partial charge in [-0.05, 0) is 73.3 Å². The number of carbonyl (C=O) groups is 1. The summed E-state index contributed by atoms with van der Waals surface area (Å²) in [6.07, 6.45) is 6.59. The van der Waals surface area contributed by atoms with Crippen LogP contribution in [0.2, 0.25) is 0 Å². The zero-order chi connectivity index (χ0) is 26.2. The number of rotatable bonds is 4. The molecule has 6 nitrogen and oxygen atoms in total. The Morgan fingerprint density at radius 1 is 1.00 bits per heavy atom. The maximum Gasteiger partial charge on any atom is 0.256 e. The van der Waals surface area contributed by atoms with Gasteiger partial charge in [-0.3, -0.25) is 9.78 Å². The van der Waals surface area contributed by atoms with Crippen LogP contribution in [-0.4, -0.2) is 36.7 Å². The molecule has 37 heavy (non-hydrogen) atoms. The zero-order valence-corrected chi connectivity index (χ0v) is 22.9. The molecule has 1 aliphatic carbocycles. The lowest BCUT2D eigenvalue weighted by atomic mass is 9.70. The summed E-state index contributed by atoms with van der Waals surface area (Å²) in [5, 5.41) is 3.87. The summed E-state index contributed by atoms with van der Waals surface area (Å²) < 4.78 is 28.3. The van der Waals surface area contributed by atoms with Crippen molar-refractivity contribution in [3.05, 3.63) is 65.4 Å². The monoisotopic (exact) mass is 519 g/mol. The second-order valence-corrected chi connectivity index (χ2v) is 13.5. The first-order valence-corrected chi connectivity index (χ1v) is 14.9. The first-order valence-electron chi connectivity index (χ1n) is 13.5. The van der Waals surface area contributed by atoms with E-state index in [2.05, 4.69) is 26.1 Å². The Morgan fingerprint density at radius 2 is 1.73 bits per heavy atom. The number of amides is 1. The number of aryl methyl sites for hydroxylation is 1. The van der Waals surface area contributed by atoms with Crippen LogP contribution >= 0.6 is 0 Å². The molecule has 196 valence electrons. The Balaban J connectivity index is 1.50. The van der Waals surface area contributed by atoms with E-state index in [0.29, 0.717) is 30.3 Å². The second-order valence-electron chi connectivity index (χ2n) is 11.5. The summed E-state index contributed by atoms with van der Waals surface area (Å²) in [6.45, 7) is 7.86. The molecule has 0 unspecified atom stereocenters. The van der Waals surface area contributed by atoms with Crippen molar-refractivity contribution in [2.75, 3.05) is 18.4 Å². The number of nitrogens with one attached hydrogen (secondary N) is 1. The molecule has 0 bridgehead atoms. The number of nitrogens with zero attached hydrogens (tertiary/aromatic N) is 2. The third-order valence-corrected chi connectivity index (χ3v) is 9.90. The summed E-state index contributed by atoms with van der Waals surface area (Å²) in [5.41, 5.74) is 4.12. The molecule has 7 heteroatoms. The topological polar surface area (TPSA) is 79.4 Å². The summed E-state index contributed by atoms with van der Waals surface area (Å²) in [4.78, 5) is 19.0. The van der Waals surface area contributed by atoms with Gasteiger partial charge in [-0.1, -0.05) is 57.9 Å². The van der Waals surface area contributed by atoms with Crippen molar-refractivity contribution in [1.29, 1.82) is 0 Å². The largest absolute Gasteiger partial charge is 0.322 e. The maximum atomic E-state index is 13.9. The quantitative estimate of drug-likeness (QED) is 0.445. The molecular weight excluding hydrogens is 482 g/mol. The van der Waals surface area contributed by atoms with Gasteiger partial charge in [0.15, 0.2) is 0 Å². The van der Waals surface area contributed by atoms with Gasteiger partial charge in [0.1, 0.15) is 0 Å². The van der Waals surface area contributed by atoms with E-state index in [4.69, 9.17) is 4.98 Å². The van der Waals surface area contributed by atoms with E-state index in [1.54, 1.807) is 28.6 Å². The smallest absolute Gasteiger partial charge is 0.256 e. The Morgan fingerprint density at radius 3 is 2.46 bits per heavy atom. The van der Waals surface area contributed by atoms with Crippen LogP contribution < -0.4 is 5.32 Å². The van der Waals surface area contributed by atoms with E-state index in [0.717, 1.165) is 67.1 Å². The minimum atomic E-state index is -3.61. The Hall–Kier alpha value is -2.77. The Bertz CT molecular complexity index is 1420. The molecular formula is C30H37N3O3S. The Kier molecular flexibility index (Phi) is 7.12. The van der Waals surface area contributed by atoms with Crippen LogP contribution in [0.5, 0.6) is 0 Å². The van der Waals surface area contributed by atoms with Crippen LogP contribution in [0.15, 0.2) is 53.4 Å². The lowest BCUT2D eigenvalue weighted by molar-refractivity contribution is 0.102. The lowest BCUT2D eigenvalue weighted by Gasteiger charge is -2.35. The summed E-state index contributed by atoms with van der Waals surface area (Å²) in [5.74, 6) is 0.241. The van der Waals surface area contributed by atoms with E-state index in [1.807, 2.05) is 24.3 Å². The van der Waals surface area contributed by atoms with E-state index in [-0.39, 0.29) is 16.2 Å². The van der Waals surface area contributed by atoms with Gasteiger partial charge in [0, 0.05) is 29.9 Å². The number of pyridine rings is 1. The standard InChI is InChI=1S/C30H37N3O3S/c1-30(2,3)21-15-16-27-25(19-21)28(24-13-6-7-14-26(24)32-27)29(34)31-22-11-10-12-23(20-22)37(35,36)33-17-8-4-5-9-18-33/h6-7,10-14,20-21H,4-5,8-9,15-19H2,1-3H3,(H,31,34)/t21-/m1/s1. The number of carbonyl (C=O) groups excluding carboxylic acids is 1. The molecule has 0 spiro atoms. The zero-order valence-electron chi connectivity index (χ0n) is 22.1. The van der Waals surface area contributed by atoms with Crippen molar-refractivity contribution < 1.29 is 13.2 Å². The minimum absolute atomic E-state index is 0.132. The van der Waals surface area contributed by atoms with Gasteiger partial charge < -0.3 is 5.32 Å². The predicted octanol–water partition coefficient (Wildman–Crippen LogP) is 6.20. The number of hydrogen-bond acceptors (Lipinski definition) is 4. The van der Waals surface area contributed by atoms with Gasteiger partial charge >= 0.3 is 0 Å². The molecule has 1 saturated heterocycles. The number of hydrogen-bond donors (Lipinski definition) is 1. The van der Waals surface area contributed by atoms with Crippen molar-refractivity contribution >= 4 is 32.5 Å². The summed E-state index contributed by atoms with van der Waals surface area (Å²) in [7, 11) is -3.61. The predicted molar refractivity (Wildman–Crippen MR) is 148 cm³/mol. The maximum absolute atomic E-state index is 13.9. The molecule has 1 amide bonds. The van der Waals surface area contributed by atoms with E-state index < -0.39 is 10.0 Å². The van der Waals surface area contributed by atoms with Crippen molar-refractivity contribution in [2.45, 2.75) is 70.6 Å². The number of aromatic nitrogens is 1. The lowest BCUT2D eigenvalue weighted by Crippen LogP contribution is -2.32. The summed E-state index contributed by atoms with van der Waals surface area (Å²) >= 11 is 0. The summed E-state index contributed by atoms with van der Waals surface area (Å²) in [6, 6.07) is 14.5. The highest BCUT2D eigenvalue weighted by Gasteiger charge is 2.33. The molecule has 2 heterocycles. The number of benzene rings is 2. The van der Waals surface area contributed by atoms with Crippen molar-refractivity contribution in [3.63, 3.8) is 0 Å². The van der Waals surface area contributed by atoms with E-state index in [1.165, 1.54) is 0 Å². The molecule has 0 radical (unpaired) electrons. The number of sulfonamides is 1. The van der Waals surface area contributed by atoms with Crippen LogP contribution in [0.25, 0.3) is 10.9 Å². The van der Waals surface area contributed by atoms with Gasteiger partial charge in [0.2, 0.25) is 10.0 Å². The van der Waals surface area contributed by atoms with Crippen LogP contribution in [0.4, 0.5) is 5.69 Å². The van der Waals surface area contributed by atoms with Gasteiger partial charge in [-0.15, -0.1) is 0 Å². The first kappa shape index (κ1) is 25.9. The van der Waals surface area contributed by atoms with Crippen LogP contribution in [0.3, 0.4) is 0 Å². The van der Waals surface area contributed by atoms with E-state index >= 15 is 0 Å². The average molecular weight is 520 g/mol. The molecule has 2 aliphatic rings. The van der Waals surface area contributed by atoms with Crippen molar-refractivity contribution in [3.8, 4) is 0 Å². The average Bonchev–Trinajstić information content (AvgIpc) is 3.17. The first-order chi connectivity index (χ1) is 17.6. The number of para-hydroxylation sites is 1. The fourth-order valence-electron chi connectivity index (χ4n) is 5.75. The minimum Gasteiger partial charge on any atom is -0.322 e. The molecule has 1 atom stereocenters. The molecule has 3 aromatic rings. The number of fused-ring (bicyclic) bond motifs is 2. The Labute approximate surface area is 220 Å². The third-order valence-electron chi connectivity index (χ3n) is 8.01. The van der Waals surface area contributed by atoms with Crippen molar-refractivity contribution in [1.82, 2.24) is 9.29 Å². The molecule has 1 N–H and O–H groups in total. The van der Waals surface area contributed by atoms with Crippen LogP contribution in [-0.2, 0) is 22.9 Å². The molecule has 1 fully saturated rings. The normalized spacial score (nSPS) is 19.3. The van der Waals surface area contributed by atoms with Gasteiger partial charge in [-0.25, -0.2) is 8.42 Å². The van der Waals surface area contributed by atoms with E-state index in [9.17, 15) is 13.2 Å². The van der Waals surface area contributed by atoms with Gasteiger partial charge in [0.25, 0.3) is 5.91 Å². The molecule has 0 saturated carbocycles. The van der Waals surface area contributed by atoms with Gasteiger partial charge in [-0.2, -0.15) is 4.31 Å². The highest BCUT2D eigenvalue weighted by Crippen LogP contribution is 2.39. The van der Waals surface area contributed by atoms with Crippen LogP contribution in [0.1, 0.15) is 74.5 Å². The van der Waals surface area contributed by atoms with Crippen LogP contribution in [0, 0.1) is 11.3 Å². The highest BCUT2D eigenvalue weighted by atomic mass is 32.2.